The van der Waals surface area contributed by atoms with E-state index in [-0.39, 0.29) is 23.8 Å². The highest BCUT2D eigenvalue weighted by atomic mass is 16.2. The number of carbonyl (C=O) groups is 2. The Morgan fingerprint density at radius 2 is 1.76 bits per heavy atom. The summed E-state index contributed by atoms with van der Waals surface area (Å²) in [5, 5.41) is 0. The molecule has 2 heterocycles. The van der Waals surface area contributed by atoms with Crippen LogP contribution in [0.1, 0.15) is 44.1 Å². The maximum atomic E-state index is 12.8. The normalized spacial score (nSPS) is 24.0. The Hall–Kier alpha value is -1.88. The van der Waals surface area contributed by atoms with Crippen molar-refractivity contribution >= 4 is 11.8 Å². The van der Waals surface area contributed by atoms with Gasteiger partial charge >= 0.3 is 0 Å². The van der Waals surface area contributed by atoms with Crippen LogP contribution in [0.4, 0.5) is 0 Å². The maximum absolute atomic E-state index is 12.8. The second-order valence-corrected chi connectivity index (χ2v) is 7.42. The number of amides is 2. The van der Waals surface area contributed by atoms with Crippen LogP contribution in [-0.2, 0) is 9.59 Å². The summed E-state index contributed by atoms with van der Waals surface area (Å²) in [6.07, 6.45) is 3.84. The molecule has 0 spiro atoms. The van der Waals surface area contributed by atoms with Gasteiger partial charge in [-0.15, -0.1) is 0 Å². The number of hydrogen-bond acceptors (Lipinski definition) is 3. The van der Waals surface area contributed by atoms with Crippen molar-refractivity contribution in [3.63, 3.8) is 0 Å². The van der Waals surface area contributed by atoms with Gasteiger partial charge in [-0.05, 0) is 57.2 Å². The average molecular weight is 343 g/mol. The Morgan fingerprint density at radius 1 is 1.08 bits per heavy atom. The van der Waals surface area contributed by atoms with Gasteiger partial charge in [0, 0.05) is 13.1 Å². The number of rotatable bonds is 4. The van der Waals surface area contributed by atoms with Crippen LogP contribution in [0.2, 0.25) is 0 Å². The highest BCUT2D eigenvalue weighted by Crippen LogP contribution is 2.29. The van der Waals surface area contributed by atoms with Crippen LogP contribution in [0.15, 0.2) is 30.3 Å². The zero-order valence-corrected chi connectivity index (χ0v) is 15.1. The summed E-state index contributed by atoms with van der Waals surface area (Å²) in [5.41, 5.74) is 6.84. The van der Waals surface area contributed by atoms with E-state index in [1.54, 1.807) is 0 Å². The first-order chi connectivity index (χ1) is 12.1. The third-order valence-electron chi connectivity index (χ3n) is 5.84. The number of nitrogens with two attached hydrogens (primary N) is 1. The molecule has 25 heavy (non-hydrogen) atoms. The topological polar surface area (TPSA) is 66.6 Å². The van der Waals surface area contributed by atoms with E-state index in [9.17, 15) is 9.59 Å². The Morgan fingerprint density at radius 3 is 2.40 bits per heavy atom. The van der Waals surface area contributed by atoms with Gasteiger partial charge in [-0.3, -0.25) is 14.5 Å². The van der Waals surface area contributed by atoms with E-state index in [0.717, 1.165) is 45.3 Å². The third-order valence-corrected chi connectivity index (χ3v) is 5.84. The van der Waals surface area contributed by atoms with Crippen LogP contribution in [0.3, 0.4) is 0 Å². The molecule has 5 heteroatoms. The zero-order chi connectivity index (χ0) is 17.8. The molecule has 2 N–H and O–H groups in total. The molecule has 0 aliphatic carbocycles. The van der Waals surface area contributed by atoms with E-state index in [1.165, 1.54) is 5.56 Å². The van der Waals surface area contributed by atoms with E-state index in [2.05, 4.69) is 35.2 Å². The van der Waals surface area contributed by atoms with Crippen LogP contribution in [-0.4, -0.2) is 53.8 Å². The lowest BCUT2D eigenvalue weighted by molar-refractivity contribution is -0.140. The standard InChI is InChI=1S/C20H29N3O2/c1-15(20(25)23-11-5-8-18(14-23)19(21)24)22-12-9-17(10-13-22)16-6-3-2-4-7-16/h2-4,6-7,15,17-18H,5,8-14H2,1H3,(H2,21,24)/t15-,18-/m0/s1. The van der Waals surface area contributed by atoms with Crippen molar-refractivity contribution in [3.05, 3.63) is 35.9 Å². The van der Waals surface area contributed by atoms with Crippen molar-refractivity contribution in [1.29, 1.82) is 0 Å². The number of hydrogen-bond donors (Lipinski definition) is 1. The number of piperidine rings is 2. The Bertz CT molecular complexity index is 596. The second-order valence-electron chi connectivity index (χ2n) is 7.42. The summed E-state index contributed by atoms with van der Waals surface area (Å²) in [4.78, 5) is 28.4. The molecule has 1 aromatic rings. The van der Waals surface area contributed by atoms with E-state index in [0.29, 0.717) is 12.5 Å². The van der Waals surface area contributed by atoms with Crippen LogP contribution in [0.25, 0.3) is 0 Å². The fourth-order valence-electron chi connectivity index (χ4n) is 4.18. The molecule has 2 amide bonds. The minimum absolute atomic E-state index is 0.122. The summed E-state index contributed by atoms with van der Waals surface area (Å²) in [6.45, 7) is 5.12. The number of benzene rings is 1. The van der Waals surface area contributed by atoms with Gasteiger partial charge in [0.05, 0.1) is 12.0 Å². The van der Waals surface area contributed by atoms with Gasteiger partial charge in [0.15, 0.2) is 0 Å². The predicted octanol–water partition coefficient (Wildman–Crippen LogP) is 1.98. The summed E-state index contributed by atoms with van der Waals surface area (Å²) >= 11 is 0. The van der Waals surface area contributed by atoms with Crippen LogP contribution < -0.4 is 5.73 Å². The van der Waals surface area contributed by atoms with E-state index >= 15 is 0 Å². The molecule has 0 unspecified atom stereocenters. The molecule has 2 aliphatic heterocycles. The summed E-state index contributed by atoms with van der Waals surface area (Å²) in [6, 6.07) is 10.5. The monoisotopic (exact) mass is 343 g/mol. The lowest BCUT2D eigenvalue weighted by Gasteiger charge is -2.39. The van der Waals surface area contributed by atoms with E-state index < -0.39 is 0 Å². The van der Waals surface area contributed by atoms with Gasteiger partial charge < -0.3 is 10.6 Å². The van der Waals surface area contributed by atoms with Crippen molar-refractivity contribution in [3.8, 4) is 0 Å². The van der Waals surface area contributed by atoms with Crippen molar-refractivity contribution in [2.45, 2.75) is 44.6 Å². The smallest absolute Gasteiger partial charge is 0.239 e. The van der Waals surface area contributed by atoms with Crippen LogP contribution in [0, 0.1) is 5.92 Å². The first-order valence-electron chi connectivity index (χ1n) is 9.43. The summed E-state index contributed by atoms with van der Waals surface area (Å²) in [7, 11) is 0. The maximum Gasteiger partial charge on any atom is 0.239 e. The lowest BCUT2D eigenvalue weighted by atomic mass is 9.89. The van der Waals surface area contributed by atoms with Crippen molar-refractivity contribution in [1.82, 2.24) is 9.80 Å². The molecule has 2 saturated heterocycles. The number of nitrogens with zero attached hydrogens (tertiary/aromatic N) is 2. The Kier molecular flexibility index (Phi) is 5.74. The van der Waals surface area contributed by atoms with Crippen molar-refractivity contribution in [2.24, 2.45) is 11.7 Å². The Labute approximate surface area is 150 Å². The van der Waals surface area contributed by atoms with Gasteiger partial charge in [0.2, 0.25) is 11.8 Å². The highest BCUT2D eigenvalue weighted by Gasteiger charge is 2.33. The molecular weight excluding hydrogens is 314 g/mol. The number of likely N-dealkylation sites (tertiary alicyclic amines) is 2. The van der Waals surface area contributed by atoms with Gasteiger partial charge in [-0.2, -0.15) is 0 Å². The highest BCUT2D eigenvalue weighted by molar-refractivity contribution is 5.83. The molecule has 3 rings (SSSR count). The first-order valence-corrected chi connectivity index (χ1v) is 9.43. The van der Waals surface area contributed by atoms with Crippen LogP contribution in [0.5, 0.6) is 0 Å². The quantitative estimate of drug-likeness (QED) is 0.909. The molecule has 2 aliphatic rings. The summed E-state index contributed by atoms with van der Waals surface area (Å²) < 4.78 is 0. The van der Waals surface area contributed by atoms with Gasteiger partial charge in [-0.25, -0.2) is 0 Å². The molecule has 0 aromatic heterocycles. The van der Waals surface area contributed by atoms with Crippen LogP contribution >= 0.6 is 0 Å². The largest absolute Gasteiger partial charge is 0.369 e. The third kappa shape index (κ3) is 4.21. The first kappa shape index (κ1) is 17.9. The molecule has 2 atom stereocenters. The van der Waals surface area contributed by atoms with Gasteiger partial charge in [0.25, 0.3) is 0 Å². The van der Waals surface area contributed by atoms with E-state index in [1.807, 2.05) is 11.8 Å². The van der Waals surface area contributed by atoms with Gasteiger partial charge in [0.1, 0.15) is 0 Å². The van der Waals surface area contributed by atoms with E-state index in [4.69, 9.17) is 5.73 Å². The second kappa shape index (κ2) is 8.00. The van der Waals surface area contributed by atoms with Crippen molar-refractivity contribution in [2.75, 3.05) is 26.2 Å². The van der Waals surface area contributed by atoms with Gasteiger partial charge in [-0.1, -0.05) is 30.3 Å². The lowest BCUT2D eigenvalue weighted by Crippen LogP contribution is -2.53. The SMILES string of the molecule is C[C@@H](C(=O)N1CCC[C@H](C(N)=O)C1)N1CCC(c2ccccc2)CC1. The van der Waals surface area contributed by atoms with Crippen molar-refractivity contribution < 1.29 is 9.59 Å². The fraction of sp³-hybridized carbons (Fsp3) is 0.600. The molecule has 136 valence electrons. The molecule has 5 nitrogen and oxygen atoms in total. The zero-order valence-electron chi connectivity index (χ0n) is 15.1. The molecule has 0 saturated carbocycles. The molecular formula is C20H29N3O2. The minimum atomic E-state index is -0.283. The number of primary amides is 1. The molecule has 0 bridgehead atoms. The number of carbonyl (C=O) groups excluding carboxylic acids is 2. The summed E-state index contributed by atoms with van der Waals surface area (Å²) in [5.74, 6) is 0.264. The fourth-order valence-corrected chi connectivity index (χ4v) is 4.18. The molecule has 1 aromatic carbocycles. The Balaban J connectivity index is 1.54. The predicted molar refractivity (Wildman–Crippen MR) is 98.0 cm³/mol. The molecule has 0 radical (unpaired) electrons. The molecule has 2 fully saturated rings. The minimum Gasteiger partial charge on any atom is -0.369 e. The average Bonchev–Trinajstić information content (AvgIpc) is 2.67.